The second-order valence-corrected chi connectivity index (χ2v) is 9.14. The van der Waals surface area contributed by atoms with Gasteiger partial charge in [0.1, 0.15) is 0 Å². The maximum Gasteiger partial charge on any atom is 0.0672 e. The van der Waals surface area contributed by atoms with Crippen molar-refractivity contribution < 1.29 is 4.74 Å². The molecular weight excluding hydrogens is 348 g/mol. The molecule has 168 valence electrons. The Morgan fingerprint density at radius 2 is 1.21 bits per heavy atom. The lowest BCUT2D eigenvalue weighted by Gasteiger charge is -2.34. The Balaban J connectivity index is 0.000000311. The van der Waals surface area contributed by atoms with Crippen LogP contribution < -0.4 is 21.3 Å². The highest BCUT2D eigenvalue weighted by Crippen LogP contribution is 2.35. The van der Waals surface area contributed by atoms with E-state index in [-0.39, 0.29) is 0 Å². The Morgan fingerprint density at radius 3 is 1.57 bits per heavy atom. The van der Waals surface area contributed by atoms with E-state index in [9.17, 15) is 0 Å². The van der Waals surface area contributed by atoms with Gasteiger partial charge >= 0.3 is 0 Å². The van der Waals surface area contributed by atoms with Gasteiger partial charge in [0.2, 0.25) is 0 Å². The van der Waals surface area contributed by atoms with Crippen molar-refractivity contribution in [2.45, 2.75) is 95.9 Å². The maximum atomic E-state index is 5.51. The largest absolute Gasteiger partial charge is 0.376 e. The van der Waals surface area contributed by atoms with Gasteiger partial charge in [0, 0.05) is 24.7 Å². The highest BCUT2D eigenvalue weighted by atomic mass is 16.5. The minimum Gasteiger partial charge on any atom is -0.376 e. The van der Waals surface area contributed by atoms with Crippen molar-refractivity contribution in [1.29, 1.82) is 0 Å². The fourth-order valence-corrected chi connectivity index (χ4v) is 4.58. The molecule has 0 amide bonds. The molecule has 0 aromatic carbocycles. The Bertz CT molecular complexity index is 331. The molecule has 2 fully saturated rings. The SMILES string of the molecule is CNC1CCC(CC2CCC(NC)CC2)CC1.CNCC(C)OCC(C)NC. The van der Waals surface area contributed by atoms with E-state index < -0.39 is 0 Å². The molecule has 0 radical (unpaired) electrons. The summed E-state index contributed by atoms with van der Waals surface area (Å²) in [5.41, 5.74) is 0. The van der Waals surface area contributed by atoms with Crippen LogP contribution in [0.1, 0.15) is 71.6 Å². The fraction of sp³-hybridized carbons (Fsp3) is 1.00. The molecule has 0 spiro atoms. The first-order chi connectivity index (χ1) is 13.5. The summed E-state index contributed by atoms with van der Waals surface area (Å²) in [5.74, 6) is 2.08. The molecule has 0 bridgehead atoms. The molecule has 5 heteroatoms. The van der Waals surface area contributed by atoms with Crippen LogP contribution in [0, 0.1) is 11.8 Å². The fourth-order valence-electron chi connectivity index (χ4n) is 4.58. The van der Waals surface area contributed by atoms with Gasteiger partial charge in [-0.15, -0.1) is 0 Å². The minimum absolute atomic E-state index is 0.302. The topological polar surface area (TPSA) is 57.3 Å². The van der Waals surface area contributed by atoms with Crippen LogP contribution in [0.2, 0.25) is 0 Å². The van der Waals surface area contributed by atoms with E-state index in [0.717, 1.165) is 37.1 Å². The van der Waals surface area contributed by atoms with Gasteiger partial charge in [0.05, 0.1) is 12.7 Å². The average Bonchev–Trinajstić information content (AvgIpc) is 2.74. The molecule has 0 aliphatic heterocycles. The molecule has 4 N–H and O–H groups in total. The first-order valence-corrected chi connectivity index (χ1v) is 11.8. The molecule has 2 aliphatic rings. The van der Waals surface area contributed by atoms with Gasteiger partial charge in [0.15, 0.2) is 0 Å². The van der Waals surface area contributed by atoms with E-state index in [0.29, 0.717) is 12.1 Å². The second-order valence-electron chi connectivity index (χ2n) is 9.14. The lowest BCUT2D eigenvalue weighted by Crippen LogP contribution is -2.33. The van der Waals surface area contributed by atoms with Crippen molar-refractivity contribution in [3.05, 3.63) is 0 Å². The zero-order chi connectivity index (χ0) is 20.8. The summed E-state index contributed by atoms with van der Waals surface area (Å²) in [4.78, 5) is 0. The first-order valence-electron chi connectivity index (χ1n) is 11.8. The van der Waals surface area contributed by atoms with Gasteiger partial charge < -0.3 is 26.0 Å². The Labute approximate surface area is 175 Å². The van der Waals surface area contributed by atoms with Crippen LogP contribution in [-0.4, -0.2) is 65.6 Å². The third-order valence-corrected chi connectivity index (χ3v) is 6.79. The van der Waals surface area contributed by atoms with Gasteiger partial charge in [-0.05, 0) is 112 Å². The maximum absolute atomic E-state index is 5.51. The van der Waals surface area contributed by atoms with E-state index in [1.807, 2.05) is 14.1 Å². The summed E-state index contributed by atoms with van der Waals surface area (Å²) in [6, 6.07) is 2.06. The van der Waals surface area contributed by atoms with Gasteiger partial charge in [0.25, 0.3) is 0 Å². The third-order valence-electron chi connectivity index (χ3n) is 6.79. The number of rotatable bonds is 10. The summed E-state index contributed by atoms with van der Waals surface area (Å²) in [6.07, 6.45) is 13.3. The second kappa shape index (κ2) is 15.6. The van der Waals surface area contributed by atoms with Crippen molar-refractivity contribution in [1.82, 2.24) is 21.3 Å². The van der Waals surface area contributed by atoms with Crippen LogP contribution in [0.5, 0.6) is 0 Å². The van der Waals surface area contributed by atoms with E-state index in [2.05, 4.69) is 49.2 Å². The summed E-state index contributed by atoms with van der Waals surface area (Å²) in [7, 11) is 8.10. The summed E-state index contributed by atoms with van der Waals surface area (Å²) in [5, 5.41) is 13.0. The van der Waals surface area contributed by atoms with Crippen molar-refractivity contribution in [3.8, 4) is 0 Å². The van der Waals surface area contributed by atoms with Crippen LogP contribution in [-0.2, 0) is 4.74 Å². The molecule has 28 heavy (non-hydrogen) atoms. The Hall–Kier alpha value is -0.200. The molecule has 2 saturated carbocycles. The molecule has 2 aliphatic carbocycles. The van der Waals surface area contributed by atoms with Crippen molar-refractivity contribution in [3.63, 3.8) is 0 Å². The lowest BCUT2D eigenvalue weighted by molar-refractivity contribution is 0.0554. The van der Waals surface area contributed by atoms with Gasteiger partial charge in [-0.3, -0.25) is 0 Å². The van der Waals surface area contributed by atoms with Crippen molar-refractivity contribution in [2.75, 3.05) is 41.3 Å². The molecule has 0 saturated heterocycles. The van der Waals surface area contributed by atoms with E-state index >= 15 is 0 Å². The van der Waals surface area contributed by atoms with Crippen LogP contribution in [0.4, 0.5) is 0 Å². The van der Waals surface area contributed by atoms with E-state index in [1.54, 1.807) is 0 Å². The highest BCUT2D eigenvalue weighted by Gasteiger charge is 2.25. The summed E-state index contributed by atoms with van der Waals surface area (Å²) >= 11 is 0. The molecule has 5 nitrogen and oxygen atoms in total. The summed E-state index contributed by atoms with van der Waals surface area (Å²) in [6.45, 7) is 5.86. The van der Waals surface area contributed by atoms with Gasteiger partial charge in [-0.25, -0.2) is 0 Å². The predicted molar refractivity (Wildman–Crippen MR) is 122 cm³/mol. The average molecular weight is 399 g/mol. The van der Waals surface area contributed by atoms with Crippen molar-refractivity contribution in [2.24, 2.45) is 11.8 Å². The van der Waals surface area contributed by atoms with Crippen molar-refractivity contribution >= 4 is 0 Å². The number of nitrogens with one attached hydrogen (secondary N) is 4. The summed E-state index contributed by atoms with van der Waals surface area (Å²) < 4.78 is 5.51. The number of ether oxygens (including phenoxy) is 1. The lowest BCUT2D eigenvalue weighted by atomic mass is 9.76. The van der Waals surface area contributed by atoms with Crippen LogP contribution in [0.15, 0.2) is 0 Å². The number of hydrogen-bond acceptors (Lipinski definition) is 5. The molecule has 0 heterocycles. The molecule has 0 aromatic heterocycles. The van der Waals surface area contributed by atoms with Crippen LogP contribution in [0.25, 0.3) is 0 Å². The minimum atomic E-state index is 0.302. The molecule has 2 rings (SSSR count). The quantitative estimate of drug-likeness (QED) is 0.455. The molecule has 2 unspecified atom stereocenters. The van der Waals surface area contributed by atoms with Crippen LogP contribution in [0.3, 0.4) is 0 Å². The Kier molecular flexibility index (Phi) is 14.4. The molecule has 2 atom stereocenters. The van der Waals surface area contributed by atoms with E-state index in [4.69, 9.17) is 4.74 Å². The van der Waals surface area contributed by atoms with Crippen LogP contribution >= 0.6 is 0 Å². The highest BCUT2D eigenvalue weighted by molar-refractivity contribution is 4.81. The monoisotopic (exact) mass is 398 g/mol. The Morgan fingerprint density at radius 1 is 0.750 bits per heavy atom. The first kappa shape index (κ1) is 25.8. The molecular formula is C23H50N4O. The molecule has 0 aromatic rings. The third kappa shape index (κ3) is 11.1. The van der Waals surface area contributed by atoms with Gasteiger partial charge in [-0.1, -0.05) is 0 Å². The predicted octanol–water partition coefficient (Wildman–Crippen LogP) is 3.15. The zero-order valence-electron chi connectivity index (χ0n) is 19.7. The zero-order valence-corrected chi connectivity index (χ0v) is 19.7. The van der Waals surface area contributed by atoms with Gasteiger partial charge in [-0.2, -0.15) is 0 Å². The number of hydrogen-bond donors (Lipinski definition) is 4. The van der Waals surface area contributed by atoms with E-state index in [1.165, 1.54) is 57.8 Å². The smallest absolute Gasteiger partial charge is 0.0672 e. The standard InChI is InChI=1S/C15H30N2.C8H20N2O/c1-16-14-7-3-12(4-8-14)11-13-5-9-15(17-2)10-6-13;1-7(10-4)6-11-8(2)5-9-3/h12-17H,3-11H2,1-2H3;7-10H,5-6H2,1-4H3. The number of likely N-dealkylation sites (N-methyl/N-ethyl adjacent to an activating group) is 2. The normalized spacial score (nSPS) is 30.2.